The number of nitrogens with zero attached hydrogens (tertiary/aromatic N) is 1. The van der Waals surface area contributed by atoms with Crippen molar-refractivity contribution in [2.24, 2.45) is 5.92 Å². The molecule has 4 heterocycles. The third kappa shape index (κ3) is 2.20. The Balaban J connectivity index is 1.77. The summed E-state index contributed by atoms with van der Waals surface area (Å²) in [6.07, 6.45) is 4.98. The van der Waals surface area contributed by atoms with Gasteiger partial charge >= 0.3 is 0 Å². The van der Waals surface area contributed by atoms with Crippen molar-refractivity contribution in [3.8, 4) is 0 Å². The van der Waals surface area contributed by atoms with E-state index in [0.717, 1.165) is 22.7 Å². The molecule has 2 aromatic rings. The van der Waals surface area contributed by atoms with Crippen molar-refractivity contribution in [1.82, 2.24) is 4.90 Å². The molecule has 2 aliphatic heterocycles. The average Bonchev–Trinajstić information content (AvgIpc) is 3.25. The van der Waals surface area contributed by atoms with Gasteiger partial charge in [-0.3, -0.25) is 4.90 Å². The van der Waals surface area contributed by atoms with Gasteiger partial charge in [0.05, 0.1) is 0 Å². The van der Waals surface area contributed by atoms with E-state index in [2.05, 4.69) is 39.9 Å². The first-order valence-corrected chi connectivity index (χ1v) is 9.60. The molecular weight excluding hydrogens is 298 g/mol. The van der Waals surface area contributed by atoms with E-state index < -0.39 is 5.60 Å². The van der Waals surface area contributed by atoms with Crippen LogP contribution in [0, 0.1) is 5.92 Å². The topological polar surface area (TPSA) is 23.5 Å². The van der Waals surface area contributed by atoms with Gasteiger partial charge in [-0.25, -0.2) is 0 Å². The Morgan fingerprint density at radius 1 is 1.00 bits per heavy atom. The van der Waals surface area contributed by atoms with Gasteiger partial charge in [0.15, 0.2) is 0 Å². The van der Waals surface area contributed by atoms with Gasteiger partial charge < -0.3 is 5.11 Å². The molecule has 2 aromatic heterocycles. The Labute approximate surface area is 134 Å². The van der Waals surface area contributed by atoms with Crippen LogP contribution in [0.4, 0.5) is 0 Å². The first kappa shape index (κ1) is 13.9. The quantitative estimate of drug-likeness (QED) is 0.927. The van der Waals surface area contributed by atoms with Crippen LogP contribution < -0.4 is 0 Å². The van der Waals surface area contributed by atoms with Crippen LogP contribution in [0.2, 0.25) is 0 Å². The molecule has 0 spiro atoms. The van der Waals surface area contributed by atoms with Gasteiger partial charge in [-0.1, -0.05) is 18.6 Å². The lowest BCUT2D eigenvalue weighted by molar-refractivity contribution is -0.00162. The van der Waals surface area contributed by atoms with Crippen molar-refractivity contribution < 1.29 is 5.11 Å². The maximum Gasteiger partial charge on any atom is 0.137 e. The van der Waals surface area contributed by atoms with Crippen molar-refractivity contribution in [1.29, 1.82) is 0 Å². The maximum absolute atomic E-state index is 11.8. The summed E-state index contributed by atoms with van der Waals surface area (Å²) in [6, 6.07) is 8.89. The van der Waals surface area contributed by atoms with Crippen LogP contribution in [0.25, 0.3) is 0 Å². The zero-order chi connectivity index (χ0) is 14.3. The number of piperidine rings is 1. The summed E-state index contributed by atoms with van der Waals surface area (Å²) in [5.41, 5.74) is -0.793. The molecule has 0 amide bonds. The Kier molecular flexibility index (Phi) is 3.66. The summed E-state index contributed by atoms with van der Waals surface area (Å²) in [5, 5.41) is 15.9. The summed E-state index contributed by atoms with van der Waals surface area (Å²) in [6.45, 7) is 2.36. The zero-order valence-corrected chi connectivity index (χ0v) is 13.7. The lowest BCUT2D eigenvalue weighted by atomic mass is 9.77. The molecule has 0 bridgehead atoms. The molecule has 0 aliphatic carbocycles. The molecule has 2 fully saturated rings. The number of thiophene rings is 2. The van der Waals surface area contributed by atoms with Gasteiger partial charge in [0.1, 0.15) is 5.60 Å². The molecule has 2 nitrogen and oxygen atoms in total. The van der Waals surface area contributed by atoms with Gasteiger partial charge in [-0.2, -0.15) is 0 Å². The summed E-state index contributed by atoms with van der Waals surface area (Å²) < 4.78 is 0. The van der Waals surface area contributed by atoms with E-state index in [-0.39, 0.29) is 0 Å². The molecule has 2 atom stereocenters. The van der Waals surface area contributed by atoms with Gasteiger partial charge in [0, 0.05) is 21.7 Å². The van der Waals surface area contributed by atoms with Crippen molar-refractivity contribution in [2.45, 2.75) is 37.3 Å². The number of hydrogen-bond donors (Lipinski definition) is 1. The second kappa shape index (κ2) is 5.51. The Morgan fingerprint density at radius 2 is 1.71 bits per heavy atom. The highest BCUT2D eigenvalue weighted by Crippen LogP contribution is 2.49. The van der Waals surface area contributed by atoms with Crippen LogP contribution >= 0.6 is 22.7 Å². The van der Waals surface area contributed by atoms with Crippen LogP contribution in [0.15, 0.2) is 35.0 Å². The van der Waals surface area contributed by atoms with Crippen LogP contribution in [-0.2, 0) is 5.60 Å². The van der Waals surface area contributed by atoms with Crippen molar-refractivity contribution in [3.05, 3.63) is 44.8 Å². The number of hydrogen-bond acceptors (Lipinski definition) is 4. The SMILES string of the molecule is OC(c1cccs1)(c1cccs1)C1CCN2CCCCC12. The second-order valence-electron chi connectivity index (χ2n) is 6.22. The fourth-order valence-corrected chi connectivity index (χ4v) is 6.08. The fourth-order valence-electron chi connectivity index (χ4n) is 4.21. The molecule has 112 valence electrons. The minimum Gasteiger partial charge on any atom is -0.378 e. The van der Waals surface area contributed by atoms with E-state index in [4.69, 9.17) is 0 Å². The lowest BCUT2D eigenvalue weighted by Crippen LogP contribution is -2.45. The number of aliphatic hydroxyl groups is 1. The van der Waals surface area contributed by atoms with E-state index in [9.17, 15) is 5.11 Å². The largest absolute Gasteiger partial charge is 0.378 e. The highest BCUT2D eigenvalue weighted by Gasteiger charge is 2.50. The Hall–Kier alpha value is -0.680. The molecular formula is C17H21NOS2. The molecule has 0 aromatic carbocycles. The van der Waals surface area contributed by atoms with Gasteiger partial charge in [-0.05, 0) is 55.2 Å². The van der Waals surface area contributed by atoms with Gasteiger partial charge in [-0.15, -0.1) is 22.7 Å². The molecule has 2 saturated heterocycles. The van der Waals surface area contributed by atoms with Gasteiger partial charge in [0.25, 0.3) is 0 Å². The first-order chi connectivity index (χ1) is 10.3. The van der Waals surface area contributed by atoms with Crippen LogP contribution in [-0.4, -0.2) is 29.1 Å². The molecule has 2 aliphatic rings. The van der Waals surface area contributed by atoms with E-state index in [1.54, 1.807) is 22.7 Å². The lowest BCUT2D eigenvalue weighted by Gasteiger charge is -2.40. The van der Waals surface area contributed by atoms with E-state index in [1.807, 2.05) is 0 Å². The molecule has 4 heteroatoms. The second-order valence-corrected chi connectivity index (χ2v) is 8.11. The standard InChI is InChI=1S/C17H21NOS2/c19-17(15-6-3-11-20-15,16-7-4-12-21-16)13-8-10-18-9-2-1-5-14(13)18/h3-4,6-7,11-14,19H,1-2,5,8-10H2. The fraction of sp³-hybridized carbons (Fsp3) is 0.529. The van der Waals surface area contributed by atoms with E-state index in [0.29, 0.717) is 12.0 Å². The summed E-state index contributed by atoms with van der Waals surface area (Å²) in [5.74, 6) is 0.329. The predicted molar refractivity (Wildman–Crippen MR) is 89.0 cm³/mol. The number of rotatable bonds is 3. The van der Waals surface area contributed by atoms with Crippen molar-refractivity contribution in [3.63, 3.8) is 0 Å². The molecule has 1 N–H and O–H groups in total. The minimum atomic E-state index is -0.793. The van der Waals surface area contributed by atoms with Crippen molar-refractivity contribution >= 4 is 22.7 Å². The maximum atomic E-state index is 11.8. The average molecular weight is 319 g/mol. The number of fused-ring (bicyclic) bond motifs is 1. The molecule has 2 unspecified atom stereocenters. The first-order valence-electron chi connectivity index (χ1n) is 7.84. The highest BCUT2D eigenvalue weighted by atomic mass is 32.1. The molecule has 0 saturated carbocycles. The predicted octanol–water partition coefficient (Wildman–Crippen LogP) is 3.92. The summed E-state index contributed by atoms with van der Waals surface area (Å²) in [7, 11) is 0. The third-order valence-electron chi connectivity index (χ3n) is 5.19. The highest BCUT2D eigenvalue weighted by molar-refractivity contribution is 7.11. The van der Waals surface area contributed by atoms with Crippen LogP contribution in [0.3, 0.4) is 0 Å². The normalized spacial score (nSPS) is 26.9. The monoisotopic (exact) mass is 319 g/mol. The zero-order valence-electron chi connectivity index (χ0n) is 12.1. The van der Waals surface area contributed by atoms with Gasteiger partial charge in [0.2, 0.25) is 0 Å². The van der Waals surface area contributed by atoms with Crippen molar-refractivity contribution in [2.75, 3.05) is 13.1 Å². The molecule has 4 rings (SSSR count). The summed E-state index contributed by atoms with van der Waals surface area (Å²) in [4.78, 5) is 4.84. The molecule has 0 radical (unpaired) electrons. The Morgan fingerprint density at radius 3 is 2.33 bits per heavy atom. The van der Waals surface area contributed by atoms with E-state index in [1.165, 1.54) is 25.8 Å². The third-order valence-corrected chi connectivity index (χ3v) is 7.18. The van der Waals surface area contributed by atoms with Crippen LogP contribution in [0.1, 0.15) is 35.4 Å². The van der Waals surface area contributed by atoms with Crippen LogP contribution in [0.5, 0.6) is 0 Å². The Bertz CT molecular complexity index is 544. The smallest absolute Gasteiger partial charge is 0.137 e. The molecule has 21 heavy (non-hydrogen) atoms. The minimum absolute atomic E-state index is 0.329. The van der Waals surface area contributed by atoms with E-state index >= 15 is 0 Å². The summed E-state index contributed by atoms with van der Waals surface area (Å²) >= 11 is 3.38.